The quantitative estimate of drug-likeness (QED) is 0.312. The Morgan fingerprint density at radius 2 is 1.78 bits per heavy atom. The standard InChI is InChI=1S/C25H32N4O2S/c1-15(2)20-13-21(23(31)14-22(20)30)24(27-3)29(25(26)32)18-7-6-16-10-19(12-17(16)11-18)28-8-4-5-9-28/h6-7,11,13-15,19,30-31H,4-5,8-10,12H2,1-3H3,(H2,26,32)/b27-24-. The van der Waals surface area contributed by atoms with Crippen LogP contribution in [-0.4, -0.2) is 52.3 Å². The summed E-state index contributed by atoms with van der Waals surface area (Å²) < 4.78 is 0. The number of rotatable bonds is 4. The molecule has 1 aliphatic carbocycles. The van der Waals surface area contributed by atoms with E-state index in [1.807, 2.05) is 19.9 Å². The summed E-state index contributed by atoms with van der Waals surface area (Å²) in [5.74, 6) is 0.453. The lowest BCUT2D eigenvalue weighted by Crippen LogP contribution is -2.34. The molecule has 2 aromatic carbocycles. The molecule has 0 saturated carbocycles. The lowest BCUT2D eigenvalue weighted by Gasteiger charge is -2.26. The Morgan fingerprint density at radius 1 is 1.09 bits per heavy atom. The second kappa shape index (κ2) is 9.16. The molecule has 1 aliphatic heterocycles. The lowest BCUT2D eigenvalue weighted by atomic mass is 9.98. The molecule has 0 bridgehead atoms. The summed E-state index contributed by atoms with van der Waals surface area (Å²) in [5.41, 5.74) is 4.63. The van der Waals surface area contributed by atoms with Crippen LogP contribution < -0.4 is 4.90 Å². The molecular weight excluding hydrogens is 420 g/mol. The van der Waals surface area contributed by atoms with Crippen molar-refractivity contribution >= 4 is 29.3 Å². The molecular formula is C25H32N4O2S. The predicted octanol–water partition coefficient (Wildman–Crippen LogP) is 4.53. The van der Waals surface area contributed by atoms with E-state index in [9.17, 15) is 10.2 Å². The van der Waals surface area contributed by atoms with E-state index in [2.05, 4.69) is 34.7 Å². The summed E-state index contributed by atoms with van der Waals surface area (Å²) in [5, 5.41) is 29.2. The number of nitrogens with one attached hydrogen (secondary N) is 1. The fourth-order valence-corrected chi connectivity index (χ4v) is 5.22. The molecule has 1 atom stereocenters. The van der Waals surface area contributed by atoms with Crippen molar-refractivity contribution in [2.24, 2.45) is 4.99 Å². The van der Waals surface area contributed by atoms with Crippen LogP contribution in [0.4, 0.5) is 5.69 Å². The van der Waals surface area contributed by atoms with Gasteiger partial charge in [0.2, 0.25) is 0 Å². The van der Waals surface area contributed by atoms with Crippen LogP contribution in [0.25, 0.3) is 0 Å². The van der Waals surface area contributed by atoms with Crippen LogP contribution in [0, 0.1) is 5.41 Å². The van der Waals surface area contributed by atoms with Crippen molar-refractivity contribution in [3.63, 3.8) is 0 Å². The van der Waals surface area contributed by atoms with Gasteiger partial charge in [-0.2, -0.15) is 0 Å². The number of thiol groups is 1. The summed E-state index contributed by atoms with van der Waals surface area (Å²) in [4.78, 5) is 8.66. The van der Waals surface area contributed by atoms with Gasteiger partial charge in [0.1, 0.15) is 17.3 Å². The number of anilines is 1. The number of aliphatic imine (C=N–C) groups is 1. The average molecular weight is 453 g/mol. The minimum atomic E-state index is -0.0812. The number of likely N-dealkylation sites (tertiary alicyclic amines) is 1. The van der Waals surface area contributed by atoms with E-state index in [-0.39, 0.29) is 22.6 Å². The maximum atomic E-state index is 10.6. The Bertz CT molecular complexity index is 1060. The van der Waals surface area contributed by atoms with Gasteiger partial charge in [-0.3, -0.25) is 20.2 Å². The first-order chi connectivity index (χ1) is 15.3. The fourth-order valence-electron chi connectivity index (χ4n) is 5.01. The van der Waals surface area contributed by atoms with Gasteiger partial charge in [-0.15, -0.1) is 12.6 Å². The molecule has 6 nitrogen and oxygen atoms in total. The summed E-state index contributed by atoms with van der Waals surface area (Å²) in [6.07, 6.45) is 4.65. The number of amidine groups is 2. The second-order valence-corrected chi connectivity index (χ2v) is 9.47. The molecule has 4 rings (SSSR count). The zero-order valence-electron chi connectivity index (χ0n) is 19.0. The van der Waals surface area contributed by atoms with Crippen molar-refractivity contribution in [2.45, 2.75) is 51.5 Å². The maximum absolute atomic E-state index is 10.6. The van der Waals surface area contributed by atoms with Gasteiger partial charge >= 0.3 is 0 Å². The van der Waals surface area contributed by atoms with Crippen molar-refractivity contribution in [1.82, 2.24) is 4.90 Å². The van der Waals surface area contributed by atoms with Crippen LogP contribution in [0.15, 0.2) is 35.3 Å². The Balaban J connectivity index is 1.70. The predicted molar refractivity (Wildman–Crippen MR) is 134 cm³/mol. The van der Waals surface area contributed by atoms with Gasteiger partial charge in [-0.25, -0.2) is 0 Å². The molecule has 0 spiro atoms. The number of hydrogen-bond acceptors (Lipinski definition) is 5. The van der Waals surface area contributed by atoms with Crippen LogP contribution in [0.2, 0.25) is 0 Å². The molecule has 1 fully saturated rings. The highest BCUT2D eigenvalue weighted by molar-refractivity contribution is 7.97. The average Bonchev–Trinajstić information content (AvgIpc) is 3.41. The first-order valence-corrected chi connectivity index (χ1v) is 11.7. The molecule has 1 heterocycles. The summed E-state index contributed by atoms with van der Waals surface area (Å²) in [6.45, 7) is 6.33. The van der Waals surface area contributed by atoms with Gasteiger partial charge < -0.3 is 10.2 Å². The zero-order chi connectivity index (χ0) is 23.0. The summed E-state index contributed by atoms with van der Waals surface area (Å²) in [6, 6.07) is 9.93. The number of nitrogens with zero attached hydrogens (tertiary/aromatic N) is 3. The van der Waals surface area contributed by atoms with Crippen LogP contribution in [0.5, 0.6) is 11.5 Å². The lowest BCUT2D eigenvalue weighted by molar-refractivity contribution is 0.250. The van der Waals surface area contributed by atoms with Crippen LogP contribution in [-0.2, 0) is 12.8 Å². The smallest absolute Gasteiger partial charge is 0.163 e. The molecule has 2 aliphatic rings. The van der Waals surface area contributed by atoms with Gasteiger partial charge in [0.15, 0.2) is 5.17 Å². The van der Waals surface area contributed by atoms with Gasteiger partial charge in [-0.1, -0.05) is 19.9 Å². The van der Waals surface area contributed by atoms with Crippen LogP contribution >= 0.6 is 12.6 Å². The molecule has 0 radical (unpaired) electrons. The Hall–Kier alpha value is -2.51. The molecule has 0 aromatic heterocycles. The third-order valence-electron chi connectivity index (χ3n) is 6.66. The topological polar surface area (TPSA) is 83.2 Å². The SMILES string of the molecule is C/N=C(/c1cc(C(C)C)c(O)cc1O)N(C(=N)S)c1ccc2c(c1)CC(N1CCCC1)C2. The van der Waals surface area contributed by atoms with Gasteiger partial charge in [0.25, 0.3) is 0 Å². The minimum Gasteiger partial charge on any atom is -0.508 e. The molecule has 1 saturated heterocycles. The first kappa shape index (κ1) is 22.7. The monoisotopic (exact) mass is 452 g/mol. The van der Waals surface area contributed by atoms with Gasteiger partial charge in [-0.05, 0) is 79.6 Å². The summed E-state index contributed by atoms with van der Waals surface area (Å²) in [7, 11) is 1.64. The van der Waals surface area contributed by atoms with Gasteiger partial charge in [0, 0.05) is 24.8 Å². The molecule has 170 valence electrons. The second-order valence-electron chi connectivity index (χ2n) is 9.05. The van der Waals surface area contributed by atoms with Crippen LogP contribution in [0.1, 0.15) is 54.9 Å². The number of phenols is 2. The highest BCUT2D eigenvalue weighted by Gasteiger charge is 2.30. The van der Waals surface area contributed by atoms with E-state index in [1.54, 1.807) is 18.0 Å². The Kier molecular flexibility index (Phi) is 6.49. The van der Waals surface area contributed by atoms with E-state index >= 15 is 0 Å². The molecule has 0 amide bonds. The number of phenolic OH excluding ortho intramolecular Hbond substituents is 2. The largest absolute Gasteiger partial charge is 0.508 e. The molecule has 2 aromatic rings. The molecule has 32 heavy (non-hydrogen) atoms. The Labute approximate surface area is 195 Å². The number of aromatic hydroxyl groups is 2. The maximum Gasteiger partial charge on any atom is 0.163 e. The normalized spacial score (nSPS) is 18.9. The van der Waals surface area contributed by atoms with E-state index in [0.29, 0.717) is 23.0 Å². The third-order valence-corrected chi connectivity index (χ3v) is 6.86. The van der Waals surface area contributed by atoms with Crippen molar-refractivity contribution < 1.29 is 10.2 Å². The summed E-state index contributed by atoms with van der Waals surface area (Å²) >= 11 is 4.35. The molecule has 7 heteroatoms. The van der Waals surface area contributed by atoms with E-state index in [1.165, 1.54) is 43.1 Å². The number of benzene rings is 2. The molecule has 3 N–H and O–H groups in total. The van der Waals surface area contributed by atoms with Crippen molar-refractivity contribution in [1.29, 1.82) is 5.41 Å². The van der Waals surface area contributed by atoms with E-state index in [4.69, 9.17) is 5.41 Å². The van der Waals surface area contributed by atoms with E-state index in [0.717, 1.165) is 18.5 Å². The highest BCUT2D eigenvalue weighted by atomic mass is 32.1. The fraction of sp³-hybridized carbons (Fsp3) is 0.440. The first-order valence-electron chi connectivity index (χ1n) is 11.3. The minimum absolute atomic E-state index is 0.0122. The molecule has 1 unspecified atom stereocenters. The van der Waals surface area contributed by atoms with E-state index < -0.39 is 0 Å². The van der Waals surface area contributed by atoms with Crippen molar-refractivity contribution in [3.8, 4) is 11.5 Å². The number of hydrogen-bond donors (Lipinski definition) is 4. The zero-order valence-corrected chi connectivity index (χ0v) is 19.9. The van der Waals surface area contributed by atoms with Crippen molar-refractivity contribution in [3.05, 3.63) is 52.6 Å². The Morgan fingerprint density at radius 3 is 2.41 bits per heavy atom. The van der Waals surface area contributed by atoms with Crippen molar-refractivity contribution in [2.75, 3.05) is 25.0 Å². The third kappa shape index (κ3) is 4.24. The number of fused-ring (bicyclic) bond motifs is 1. The van der Waals surface area contributed by atoms with Gasteiger partial charge in [0.05, 0.1) is 5.56 Å². The van der Waals surface area contributed by atoms with Crippen LogP contribution in [0.3, 0.4) is 0 Å². The highest BCUT2D eigenvalue weighted by Crippen LogP contribution is 2.36.